The Hall–Kier alpha value is -2.63. The smallest absolute Gasteiger partial charge is 0.181 e. The van der Waals surface area contributed by atoms with E-state index in [9.17, 15) is 8.78 Å². The highest BCUT2D eigenvalue weighted by Crippen LogP contribution is 2.30. The molecular weight excluding hydrogens is 264 g/mol. The van der Waals surface area contributed by atoms with Gasteiger partial charge in [0.05, 0.1) is 7.11 Å². The van der Waals surface area contributed by atoms with Gasteiger partial charge in [0, 0.05) is 17.8 Å². The van der Waals surface area contributed by atoms with Crippen LogP contribution in [0.1, 0.15) is 0 Å². The van der Waals surface area contributed by atoms with Gasteiger partial charge in [-0.15, -0.1) is 0 Å². The average Bonchev–Trinajstić information content (AvgIpc) is 2.75. The minimum Gasteiger partial charge on any atom is -0.493 e. The van der Waals surface area contributed by atoms with E-state index in [2.05, 4.69) is 4.98 Å². The largest absolute Gasteiger partial charge is 0.493 e. The van der Waals surface area contributed by atoms with Gasteiger partial charge in [0.15, 0.2) is 11.4 Å². The molecule has 2 N–H and O–H groups in total. The van der Waals surface area contributed by atoms with Crippen molar-refractivity contribution < 1.29 is 13.5 Å². The first kappa shape index (κ1) is 12.4. The third-order valence-corrected chi connectivity index (χ3v) is 3.01. The van der Waals surface area contributed by atoms with Crippen LogP contribution in [-0.2, 0) is 0 Å². The second kappa shape index (κ2) is 4.48. The molecule has 0 amide bonds. The number of benzene rings is 1. The molecule has 0 saturated carbocycles. The molecule has 0 fully saturated rings. The van der Waals surface area contributed by atoms with Crippen LogP contribution < -0.4 is 10.5 Å². The van der Waals surface area contributed by atoms with Gasteiger partial charge in [0.2, 0.25) is 0 Å². The number of rotatable bonds is 2. The maximum absolute atomic E-state index is 13.3. The first-order chi connectivity index (χ1) is 9.60. The molecule has 2 heterocycles. The maximum atomic E-state index is 13.3. The molecular formula is C14H11F2N3O. The van der Waals surface area contributed by atoms with Gasteiger partial charge in [0.1, 0.15) is 23.1 Å². The number of halogens is 2. The van der Waals surface area contributed by atoms with E-state index in [4.69, 9.17) is 10.5 Å². The van der Waals surface area contributed by atoms with Crippen LogP contribution in [0.4, 0.5) is 14.6 Å². The number of nitrogen functional groups attached to an aromatic ring is 1. The van der Waals surface area contributed by atoms with E-state index in [0.29, 0.717) is 22.9 Å². The first-order valence-electron chi connectivity index (χ1n) is 5.87. The standard InChI is InChI=1S/C14H11F2N3O/c1-20-11-3-2-4-19-13(17)12(18-14(11)19)8-5-9(15)7-10(16)6-8/h2-7H,17H2,1H3. The minimum atomic E-state index is -0.677. The molecule has 3 aromatic rings. The van der Waals surface area contributed by atoms with Gasteiger partial charge in [-0.2, -0.15) is 0 Å². The molecule has 0 saturated heterocycles. The fourth-order valence-corrected chi connectivity index (χ4v) is 2.12. The Kier molecular flexibility index (Phi) is 2.78. The van der Waals surface area contributed by atoms with Gasteiger partial charge < -0.3 is 10.5 Å². The van der Waals surface area contributed by atoms with Crippen molar-refractivity contribution in [3.8, 4) is 17.0 Å². The van der Waals surface area contributed by atoms with Crippen molar-refractivity contribution in [1.82, 2.24) is 9.38 Å². The van der Waals surface area contributed by atoms with E-state index in [1.54, 1.807) is 22.7 Å². The number of nitrogens with zero attached hydrogens (tertiary/aromatic N) is 2. The van der Waals surface area contributed by atoms with Crippen molar-refractivity contribution in [1.29, 1.82) is 0 Å². The Morgan fingerprint density at radius 1 is 1.20 bits per heavy atom. The molecule has 1 aromatic carbocycles. The van der Waals surface area contributed by atoms with Crippen LogP contribution >= 0.6 is 0 Å². The predicted molar refractivity (Wildman–Crippen MR) is 71.5 cm³/mol. The van der Waals surface area contributed by atoms with Crippen molar-refractivity contribution in [2.75, 3.05) is 12.8 Å². The van der Waals surface area contributed by atoms with Crippen LogP contribution in [-0.4, -0.2) is 16.5 Å². The van der Waals surface area contributed by atoms with Gasteiger partial charge in [-0.05, 0) is 24.3 Å². The summed E-state index contributed by atoms with van der Waals surface area (Å²) in [5, 5.41) is 0. The Morgan fingerprint density at radius 2 is 1.90 bits per heavy atom. The van der Waals surface area contributed by atoms with Crippen LogP contribution in [0.3, 0.4) is 0 Å². The minimum absolute atomic E-state index is 0.283. The summed E-state index contributed by atoms with van der Waals surface area (Å²) in [5.74, 6) is -0.530. The summed E-state index contributed by atoms with van der Waals surface area (Å²) in [5.41, 5.74) is 7.08. The molecule has 20 heavy (non-hydrogen) atoms. The predicted octanol–water partition coefficient (Wildman–Crippen LogP) is 2.87. The number of hydrogen-bond acceptors (Lipinski definition) is 3. The zero-order chi connectivity index (χ0) is 14.3. The van der Waals surface area contributed by atoms with Gasteiger partial charge >= 0.3 is 0 Å². The maximum Gasteiger partial charge on any atom is 0.181 e. The Morgan fingerprint density at radius 3 is 2.55 bits per heavy atom. The summed E-state index contributed by atoms with van der Waals surface area (Å²) >= 11 is 0. The number of pyridine rings is 1. The van der Waals surface area contributed by atoms with E-state index in [0.717, 1.165) is 6.07 Å². The molecule has 0 bridgehead atoms. The van der Waals surface area contributed by atoms with Crippen LogP contribution in [0.25, 0.3) is 16.9 Å². The lowest BCUT2D eigenvalue weighted by Gasteiger charge is -2.01. The summed E-state index contributed by atoms with van der Waals surface area (Å²) in [7, 11) is 1.52. The SMILES string of the molecule is COc1cccn2c(N)c(-c3cc(F)cc(F)c3)nc12. The lowest BCUT2D eigenvalue weighted by molar-refractivity contribution is 0.417. The van der Waals surface area contributed by atoms with Crippen molar-refractivity contribution >= 4 is 11.5 Å². The lowest BCUT2D eigenvalue weighted by atomic mass is 10.1. The molecule has 0 radical (unpaired) electrons. The molecule has 2 aromatic heterocycles. The number of imidazole rings is 1. The third kappa shape index (κ3) is 1.85. The van der Waals surface area contributed by atoms with Crippen LogP contribution in [0.15, 0.2) is 36.5 Å². The number of hydrogen-bond donors (Lipinski definition) is 1. The fraction of sp³-hybridized carbons (Fsp3) is 0.0714. The van der Waals surface area contributed by atoms with Gasteiger partial charge in [-0.1, -0.05) is 0 Å². The number of nitrogens with two attached hydrogens (primary N) is 1. The van der Waals surface area contributed by atoms with E-state index in [1.165, 1.54) is 19.2 Å². The zero-order valence-corrected chi connectivity index (χ0v) is 10.6. The molecule has 102 valence electrons. The molecule has 0 spiro atoms. The molecule has 4 nitrogen and oxygen atoms in total. The molecule has 0 atom stereocenters. The Labute approximate surface area is 113 Å². The van der Waals surface area contributed by atoms with E-state index >= 15 is 0 Å². The third-order valence-electron chi connectivity index (χ3n) is 3.01. The normalized spacial score (nSPS) is 10.9. The fourth-order valence-electron chi connectivity index (χ4n) is 2.12. The number of anilines is 1. The summed E-state index contributed by atoms with van der Waals surface area (Å²) in [4.78, 5) is 4.32. The van der Waals surface area contributed by atoms with Crippen molar-refractivity contribution in [2.45, 2.75) is 0 Å². The Bertz CT molecular complexity index is 778. The monoisotopic (exact) mass is 275 g/mol. The lowest BCUT2D eigenvalue weighted by Crippen LogP contribution is -1.95. The van der Waals surface area contributed by atoms with Crippen LogP contribution in [0.2, 0.25) is 0 Å². The molecule has 0 aliphatic heterocycles. The molecule has 6 heteroatoms. The quantitative estimate of drug-likeness (QED) is 0.782. The van der Waals surface area contributed by atoms with Crippen molar-refractivity contribution in [3.63, 3.8) is 0 Å². The first-order valence-corrected chi connectivity index (χ1v) is 5.87. The van der Waals surface area contributed by atoms with E-state index < -0.39 is 11.6 Å². The number of fused-ring (bicyclic) bond motifs is 1. The number of methoxy groups -OCH3 is 1. The van der Waals surface area contributed by atoms with Crippen LogP contribution in [0.5, 0.6) is 5.75 Å². The summed E-state index contributed by atoms with van der Waals surface area (Å²) < 4.78 is 33.4. The molecule has 3 rings (SSSR count). The van der Waals surface area contributed by atoms with Gasteiger partial charge in [-0.25, -0.2) is 13.8 Å². The van der Waals surface area contributed by atoms with Crippen molar-refractivity contribution in [3.05, 3.63) is 48.2 Å². The number of aromatic nitrogens is 2. The highest BCUT2D eigenvalue weighted by Gasteiger charge is 2.15. The van der Waals surface area contributed by atoms with Gasteiger partial charge in [-0.3, -0.25) is 4.40 Å². The van der Waals surface area contributed by atoms with E-state index in [1.807, 2.05) is 0 Å². The molecule has 0 aliphatic carbocycles. The van der Waals surface area contributed by atoms with Crippen LogP contribution in [0, 0.1) is 11.6 Å². The molecule has 0 aliphatic rings. The number of ether oxygens (including phenoxy) is 1. The summed E-state index contributed by atoms with van der Waals surface area (Å²) in [6.45, 7) is 0. The van der Waals surface area contributed by atoms with Crippen molar-refractivity contribution in [2.24, 2.45) is 0 Å². The second-order valence-corrected chi connectivity index (χ2v) is 4.27. The summed E-state index contributed by atoms with van der Waals surface area (Å²) in [6.07, 6.45) is 1.71. The van der Waals surface area contributed by atoms with E-state index in [-0.39, 0.29) is 5.56 Å². The summed E-state index contributed by atoms with van der Waals surface area (Å²) in [6, 6.07) is 6.66. The Balaban J connectivity index is 2.29. The topological polar surface area (TPSA) is 52.5 Å². The highest BCUT2D eigenvalue weighted by molar-refractivity contribution is 5.77. The van der Waals surface area contributed by atoms with Gasteiger partial charge in [0.25, 0.3) is 0 Å². The second-order valence-electron chi connectivity index (χ2n) is 4.27. The highest BCUT2D eigenvalue weighted by atomic mass is 19.1. The molecule has 0 unspecified atom stereocenters. The zero-order valence-electron chi connectivity index (χ0n) is 10.6. The average molecular weight is 275 g/mol.